The van der Waals surface area contributed by atoms with E-state index in [-0.39, 0.29) is 23.2 Å². The van der Waals surface area contributed by atoms with E-state index in [4.69, 9.17) is 4.74 Å². The summed E-state index contributed by atoms with van der Waals surface area (Å²) in [4.78, 5) is 25.6. The van der Waals surface area contributed by atoms with Crippen molar-refractivity contribution in [3.63, 3.8) is 0 Å². The highest BCUT2D eigenvalue weighted by molar-refractivity contribution is 5.95. The number of likely N-dealkylation sites (N-methyl/N-ethyl adjacent to an activating group) is 1. The van der Waals surface area contributed by atoms with Gasteiger partial charge >= 0.3 is 5.97 Å². The number of hydrogen-bond donors (Lipinski definition) is 0. The van der Waals surface area contributed by atoms with Crippen molar-refractivity contribution in [2.45, 2.75) is 32.2 Å². The molecule has 0 aromatic rings. The van der Waals surface area contributed by atoms with Crippen LogP contribution >= 0.6 is 0 Å². The van der Waals surface area contributed by atoms with Crippen molar-refractivity contribution in [1.82, 2.24) is 4.90 Å². The van der Waals surface area contributed by atoms with Crippen molar-refractivity contribution < 1.29 is 14.3 Å². The number of likely N-dealkylation sites (tertiary alicyclic amines) is 1. The standard InChI is InChI=1S/C11H17NO3/c1-3-15-10(14)9-11(5-6-11)8(13)4-7-12(9)2/h9H,3-7H2,1-2H3. The number of carbonyl (C=O) groups excluding carboxylic acids is 2. The third-order valence-corrected chi connectivity index (χ3v) is 3.51. The number of esters is 1. The van der Waals surface area contributed by atoms with Gasteiger partial charge in [-0.3, -0.25) is 14.5 Å². The Kier molecular flexibility index (Phi) is 2.54. The number of carbonyl (C=O) groups is 2. The summed E-state index contributed by atoms with van der Waals surface area (Å²) in [5.74, 6) is 0.0178. The van der Waals surface area contributed by atoms with Crippen molar-refractivity contribution in [3.05, 3.63) is 0 Å². The molecule has 2 fully saturated rings. The highest BCUT2D eigenvalue weighted by Crippen LogP contribution is 2.53. The normalized spacial score (nSPS) is 29.2. The van der Waals surface area contributed by atoms with Crippen molar-refractivity contribution in [1.29, 1.82) is 0 Å². The summed E-state index contributed by atoms with van der Waals surface area (Å²) in [6.07, 6.45) is 2.27. The zero-order valence-corrected chi connectivity index (χ0v) is 9.28. The van der Waals surface area contributed by atoms with Gasteiger partial charge < -0.3 is 4.74 Å². The van der Waals surface area contributed by atoms with E-state index in [0.29, 0.717) is 19.6 Å². The molecule has 1 heterocycles. The van der Waals surface area contributed by atoms with Crippen LogP contribution in [0.3, 0.4) is 0 Å². The Labute approximate surface area is 89.6 Å². The minimum atomic E-state index is -0.390. The first-order valence-corrected chi connectivity index (χ1v) is 5.52. The Balaban J connectivity index is 2.18. The van der Waals surface area contributed by atoms with Gasteiger partial charge in [-0.1, -0.05) is 0 Å². The molecule has 1 saturated carbocycles. The van der Waals surface area contributed by atoms with Crippen LogP contribution < -0.4 is 0 Å². The summed E-state index contributed by atoms with van der Waals surface area (Å²) in [6, 6.07) is -0.335. The van der Waals surface area contributed by atoms with Crippen LogP contribution in [-0.4, -0.2) is 42.9 Å². The van der Waals surface area contributed by atoms with Crippen LogP contribution in [-0.2, 0) is 14.3 Å². The molecule has 4 heteroatoms. The van der Waals surface area contributed by atoms with Crippen molar-refractivity contribution in [2.24, 2.45) is 5.41 Å². The Hall–Kier alpha value is -0.900. The lowest BCUT2D eigenvalue weighted by Gasteiger charge is -2.36. The summed E-state index contributed by atoms with van der Waals surface area (Å²) in [7, 11) is 1.90. The third kappa shape index (κ3) is 1.57. The van der Waals surface area contributed by atoms with E-state index in [1.54, 1.807) is 6.92 Å². The molecule has 2 rings (SSSR count). The Morgan fingerprint density at radius 1 is 1.60 bits per heavy atom. The first-order chi connectivity index (χ1) is 7.12. The smallest absolute Gasteiger partial charge is 0.324 e. The molecule has 1 aliphatic carbocycles. The molecule has 0 aromatic carbocycles. The monoisotopic (exact) mass is 211 g/mol. The van der Waals surface area contributed by atoms with Gasteiger partial charge in [-0.25, -0.2) is 0 Å². The quantitative estimate of drug-likeness (QED) is 0.628. The predicted molar refractivity (Wildman–Crippen MR) is 54.3 cm³/mol. The third-order valence-electron chi connectivity index (χ3n) is 3.51. The average molecular weight is 211 g/mol. The summed E-state index contributed by atoms with van der Waals surface area (Å²) in [6.45, 7) is 2.85. The van der Waals surface area contributed by atoms with Gasteiger partial charge in [0.15, 0.2) is 0 Å². The molecule has 0 N–H and O–H groups in total. The fourth-order valence-electron chi connectivity index (χ4n) is 2.54. The molecule has 1 aliphatic heterocycles. The van der Waals surface area contributed by atoms with Crippen molar-refractivity contribution >= 4 is 11.8 Å². The lowest BCUT2D eigenvalue weighted by Crippen LogP contribution is -2.53. The second-order valence-electron chi connectivity index (χ2n) is 4.46. The molecule has 1 saturated heterocycles. The van der Waals surface area contributed by atoms with E-state index in [2.05, 4.69) is 0 Å². The van der Waals surface area contributed by atoms with E-state index < -0.39 is 0 Å². The minimum absolute atomic E-state index is 0.231. The molecule has 4 nitrogen and oxygen atoms in total. The summed E-state index contributed by atoms with van der Waals surface area (Å²) < 4.78 is 5.04. The number of ketones is 1. The molecule has 0 radical (unpaired) electrons. The van der Waals surface area contributed by atoms with Gasteiger partial charge in [0.25, 0.3) is 0 Å². The highest BCUT2D eigenvalue weighted by atomic mass is 16.5. The second kappa shape index (κ2) is 3.59. The van der Waals surface area contributed by atoms with Gasteiger partial charge in [0.1, 0.15) is 11.8 Å². The second-order valence-corrected chi connectivity index (χ2v) is 4.46. The first kappa shape index (κ1) is 10.6. The summed E-state index contributed by atoms with van der Waals surface area (Å²) in [5.41, 5.74) is -0.390. The zero-order chi connectivity index (χ0) is 11.1. The largest absolute Gasteiger partial charge is 0.465 e. The fourth-order valence-corrected chi connectivity index (χ4v) is 2.54. The van der Waals surface area contributed by atoms with Gasteiger partial charge in [0, 0.05) is 13.0 Å². The van der Waals surface area contributed by atoms with Gasteiger partial charge in [-0.05, 0) is 26.8 Å². The maximum absolute atomic E-state index is 11.8. The van der Waals surface area contributed by atoms with E-state index in [0.717, 1.165) is 12.8 Å². The number of rotatable bonds is 2. The number of piperidine rings is 1. The van der Waals surface area contributed by atoms with Crippen LogP contribution in [0.15, 0.2) is 0 Å². The Morgan fingerprint density at radius 3 is 2.80 bits per heavy atom. The molecule has 2 aliphatic rings. The number of nitrogens with zero attached hydrogens (tertiary/aromatic N) is 1. The molecule has 0 amide bonds. The maximum Gasteiger partial charge on any atom is 0.324 e. The number of hydrogen-bond acceptors (Lipinski definition) is 4. The van der Waals surface area contributed by atoms with Crippen molar-refractivity contribution in [3.8, 4) is 0 Å². The van der Waals surface area contributed by atoms with Gasteiger partial charge in [0.2, 0.25) is 0 Å². The molecule has 0 aromatic heterocycles. The van der Waals surface area contributed by atoms with Gasteiger partial charge in [-0.2, -0.15) is 0 Å². The molecule has 1 atom stereocenters. The molecular weight excluding hydrogens is 194 g/mol. The average Bonchev–Trinajstić information content (AvgIpc) is 2.94. The van der Waals surface area contributed by atoms with Gasteiger partial charge in [0.05, 0.1) is 12.0 Å². The van der Waals surface area contributed by atoms with Crippen LogP contribution in [0.1, 0.15) is 26.2 Å². The van der Waals surface area contributed by atoms with Crippen LogP contribution in [0.4, 0.5) is 0 Å². The number of Topliss-reactive ketones (excluding diaryl/α,β-unsaturated/α-hetero) is 1. The van der Waals surface area contributed by atoms with Crippen LogP contribution in [0, 0.1) is 5.41 Å². The summed E-state index contributed by atoms with van der Waals surface area (Å²) >= 11 is 0. The van der Waals surface area contributed by atoms with Crippen molar-refractivity contribution in [2.75, 3.05) is 20.2 Å². The summed E-state index contributed by atoms with van der Waals surface area (Å²) in [5, 5.41) is 0. The fraction of sp³-hybridized carbons (Fsp3) is 0.818. The predicted octanol–water partition coefficient (Wildman–Crippen LogP) is 0.603. The van der Waals surface area contributed by atoms with Crippen LogP contribution in [0.2, 0.25) is 0 Å². The highest BCUT2D eigenvalue weighted by Gasteiger charge is 2.61. The topological polar surface area (TPSA) is 46.6 Å². The molecule has 0 bridgehead atoms. The molecular formula is C11H17NO3. The van der Waals surface area contributed by atoms with E-state index in [9.17, 15) is 9.59 Å². The molecule has 1 unspecified atom stereocenters. The molecule has 1 spiro atoms. The zero-order valence-electron chi connectivity index (χ0n) is 9.28. The van der Waals surface area contributed by atoms with Gasteiger partial charge in [-0.15, -0.1) is 0 Å². The minimum Gasteiger partial charge on any atom is -0.465 e. The van der Waals surface area contributed by atoms with E-state index >= 15 is 0 Å². The van der Waals surface area contributed by atoms with Crippen LogP contribution in [0.25, 0.3) is 0 Å². The number of ether oxygens (including phenoxy) is 1. The van der Waals surface area contributed by atoms with E-state index in [1.165, 1.54) is 0 Å². The lowest BCUT2D eigenvalue weighted by molar-refractivity contribution is -0.157. The Bertz CT molecular complexity index is 296. The van der Waals surface area contributed by atoms with E-state index in [1.807, 2.05) is 11.9 Å². The Morgan fingerprint density at radius 2 is 2.27 bits per heavy atom. The molecule has 15 heavy (non-hydrogen) atoms. The lowest BCUT2D eigenvalue weighted by atomic mass is 9.85. The SMILES string of the molecule is CCOC(=O)C1N(C)CCC(=O)C12CC2. The molecule has 84 valence electrons. The first-order valence-electron chi connectivity index (χ1n) is 5.52. The maximum atomic E-state index is 11.8. The van der Waals surface area contributed by atoms with Crippen LogP contribution in [0.5, 0.6) is 0 Å².